The summed E-state index contributed by atoms with van der Waals surface area (Å²) < 4.78 is 17.4. The van der Waals surface area contributed by atoms with Crippen molar-refractivity contribution in [3.8, 4) is 0 Å². The maximum absolute atomic E-state index is 12.8. The summed E-state index contributed by atoms with van der Waals surface area (Å²) in [6.45, 7) is 4.79. The van der Waals surface area contributed by atoms with Crippen LogP contribution in [0.4, 0.5) is 0 Å². The van der Waals surface area contributed by atoms with E-state index in [0.29, 0.717) is 19.3 Å². The highest BCUT2D eigenvalue weighted by Crippen LogP contribution is 2.17. The fourth-order valence-electron chi connectivity index (χ4n) is 8.27. The molecule has 2 atom stereocenters. The number of carbonyl (C=O) groups is 3. The number of rotatable bonds is 49. The second kappa shape index (κ2) is 45.6. The molecule has 0 amide bonds. The summed E-state index contributed by atoms with van der Waals surface area (Å²) in [4.78, 5) is 37.2. The summed E-state index contributed by atoms with van der Waals surface area (Å²) in [6, 6.07) is -0.612. The molecule has 366 valence electrons. The second-order valence-corrected chi connectivity index (χ2v) is 19.5. The Morgan fingerprint density at radius 2 is 0.806 bits per heavy atom. The van der Waals surface area contributed by atoms with Crippen LogP contribution in [-0.4, -0.2) is 80.6 Å². The minimum absolute atomic E-state index is 0.0459. The third kappa shape index (κ3) is 43.3. The number of nitrogens with zero attached hydrogens (tertiary/aromatic N) is 1. The highest BCUT2D eigenvalue weighted by atomic mass is 16.6. The van der Waals surface area contributed by atoms with Gasteiger partial charge < -0.3 is 23.8 Å². The number of carboxylic acid groups (broad SMARTS) is 1. The van der Waals surface area contributed by atoms with Crippen LogP contribution in [0.5, 0.6) is 0 Å². The number of ether oxygens (including phenoxy) is 3. The fraction of sp³-hybridized carbons (Fsp3) is 0.907. The minimum atomic E-state index is -0.871. The standard InChI is InChI=1S/C54H103NO7/c1-6-8-10-12-14-16-18-20-22-24-26-27-29-31-33-35-37-39-41-43-45-53(57)62-50(48-60-47-46-51(54(58)59)55(3,4)5)49-61-52(56)44-42-40-38-36-34-32-30-28-25-23-21-19-17-15-13-11-9-7-2/h26-27,50-51H,6-25,28-49H2,1-5H3/p+1/b27-26+. The molecule has 0 spiro atoms. The van der Waals surface area contributed by atoms with E-state index in [-0.39, 0.29) is 36.2 Å². The topological polar surface area (TPSA) is 99.1 Å². The lowest BCUT2D eigenvalue weighted by atomic mass is 10.0. The molecule has 0 saturated carbocycles. The number of likely N-dealkylation sites (N-methyl/N-ethyl adjacent to an activating group) is 1. The maximum atomic E-state index is 12.8. The Morgan fingerprint density at radius 1 is 0.468 bits per heavy atom. The molecule has 0 bridgehead atoms. The summed E-state index contributed by atoms with van der Waals surface area (Å²) >= 11 is 0. The zero-order chi connectivity index (χ0) is 45.6. The number of hydrogen-bond donors (Lipinski definition) is 1. The molecule has 1 N–H and O–H groups in total. The Balaban J connectivity index is 4.19. The first kappa shape index (κ1) is 60.1. The van der Waals surface area contributed by atoms with Crippen LogP contribution in [0.1, 0.15) is 264 Å². The van der Waals surface area contributed by atoms with Crippen molar-refractivity contribution in [1.29, 1.82) is 0 Å². The van der Waals surface area contributed by atoms with Gasteiger partial charge >= 0.3 is 17.9 Å². The average molecular weight is 879 g/mol. The van der Waals surface area contributed by atoms with E-state index in [0.717, 1.165) is 38.5 Å². The summed E-state index contributed by atoms with van der Waals surface area (Å²) in [6.07, 6.45) is 51.2. The Bertz CT molecular complexity index is 1020. The first-order chi connectivity index (χ1) is 30.1. The van der Waals surface area contributed by atoms with E-state index < -0.39 is 18.1 Å². The van der Waals surface area contributed by atoms with E-state index in [2.05, 4.69) is 26.0 Å². The molecule has 0 heterocycles. The van der Waals surface area contributed by atoms with Gasteiger partial charge in [0, 0.05) is 19.3 Å². The van der Waals surface area contributed by atoms with Gasteiger partial charge in [0.05, 0.1) is 34.4 Å². The SMILES string of the molecule is CCCCCCCCCCC/C=C/CCCCCCCCCC(=O)OC(COCCC(C(=O)O)[N+](C)(C)C)COC(=O)CCCCCCCCCCCCCCCCCCCC. The van der Waals surface area contributed by atoms with Crippen molar-refractivity contribution in [3.05, 3.63) is 12.2 Å². The second-order valence-electron chi connectivity index (χ2n) is 19.5. The number of aliphatic carboxylic acids is 1. The van der Waals surface area contributed by atoms with E-state index in [4.69, 9.17) is 14.2 Å². The Labute approximate surface area is 384 Å². The van der Waals surface area contributed by atoms with Crippen LogP contribution in [-0.2, 0) is 28.6 Å². The van der Waals surface area contributed by atoms with Crippen molar-refractivity contribution in [3.63, 3.8) is 0 Å². The highest BCUT2D eigenvalue weighted by molar-refractivity contribution is 5.72. The minimum Gasteiger partial charge on any atom is -0.477 e. The van der Waals surface area contributed by atoms with Gasteiger partial charge in [0.25, 0.3) is 0 Å². The van der Waals surface area contributed by atoms with Gasteiger partial charge in [-0.3, -0.25) is 9.59 Å². The molecule has 8 heteroatoms. The third-order valence-electron chi connectivity index (χ3n) is 12.4. The van der Waals surface area contributed by atoms with Gasteiger partial charge in [0.2, 0.25) is 0 Å². The molecule has 0 fully saturated rings. The zero-order valence-electron chi connectivity index (χ0n) is 41.9. The number of carbonyl (C=O) groups excluding carboxylic acids is 2. The van der Waals surface area contributed by atoms with Gasteiger partial charge in [-0.05, 0) is 38.5 Å². The van der Waals surface area contributed by atoms with Crippen LogP contribution < -0.4 is 0 Å². The molecule has 0 aromatic heterocycles. The Kier molecular flexibility index (Phi) is 44.2. The predicted octanol–water partition coefficient (Wildman–Crippen LogP) is 15.4. The smallest absolute Gasteiger partial charge is 0.362 e. The number of unbranched alkanes of at least 4 members (excludes halogenated alkanes) is 33. The highest BCUT2D eigenvalue weighted by Gasteiger charge is 2.31. The van der Waals surface area contributed by atoms with Crippen LogP contribution in [0.2, 0.25) is 0 Å². The number of carboxylic acids is 1. The first-order valence-corrected chi connectivity index (χ1v) is 26.7. The lowest BCUT2D eigenvalue weighted by Crippen LogP contribution is -2.50. The molecule has 0 aromatic carbocycles. The van der Waals surface area contributed by atoms with Crippen LogP contribution in [0.15, 0.2) is 12.2 Å². The molecule has 2 unspecified atom stereocenters. The van der Waals surface area contributed by atoms with E-state index in [1.165, 1.54) is 193 Å². The molecule has 0 aliphatic carbocycles. The van der Waals surface area contributed by atoms with Gasteiger partial charge in [0.1, 0.15) is 6.61 Å². The average Bonchev–Trinajstić information content (AvgIpc) is 3.23. The quantitative estimate of drug-likeness (QED) is 0.0281. The molecule has 0 saturated heterocycles. The molecule has 0 rings (SSSR count). The van der Waals surface area contributed by atoms with E-state index in [1.807, 2.05) is 21.1 Å². The maximum Gasteiger partial charge on any atom is 0.362 e. The normalized spacial score (nSPS) is 12.9. The van der Waals surface area contributed by atoms with E-state index in [1.54, 1.807) is 0 Å². The number of allylic oxidation sites excluding steroid dienone is 2. The van der Waals surface area contributed by atoms with E-state index >= 15 is 0 Å². The molecule has 62 heavy (non-hydrogen) atoms. The third-order valence-corrected chi connectivity index (χ3v) is 12.4. The number of hydrogen-bond acceptors (Lipinski definition) is 6. The zero-order valence-corrected chi connectivity index (χ0v) is 41.9. The lowest BCUT2D eigenvalue weighted by Gasteiger charge is -2.31. The molecule has 0 aliphatic rings. The molecular weight excluding hydrogens is 775 g/mol. The van der Waals surface area contributed by atoms with E-state index in [9.17, 15) is 19.5 Å². The van der Waals surface area contributed by atoms with Crippen molar-refractivity contribution in [1.82, 2.24) is 0 Å². The van der Waals surface area contributed by atoms with Crippen LogP contribution in [0.3, 0.4) is 0 Å². The number of quaternary nitrogens is 1. The fourth-order valence-corrected chi connectivity index (χ4v) is 8.27. The monoisotopic (exact) mass is 879 g/mol. The predicted molar refractivity (Wildman–Crippen MR) is 262 cm³/mol. The largest absolute Gasteiger partial charge is 0.477 e. The summed E-state index contributed by atoms with van der Waals surface area (Å²) in [5.74, 6) is -1.45. The van der Waals surface area contributed by atoms with Gasteiger partial charge in [-0.1, -0.05) is 219 Å². The molecule has 0 radical (unpaired) electrons. The van der Waals surface area contributed by atoms with Crippen LogP contribution in [0, 0.1) is 0 Å². The van der Waals surface area contributed by atoms with Crippen molar-refractivity contribution in [2.75, 3.05) is 41.0 Å². The van der Waals surface area contributed by atoms with Crippen LogP contribution >= 0.6 is 0 Å². The van der Waals surface area contributed by atoms with Gasteiger partial charge in [-0.2, -0.15) is 0 Å². The van der Waals surface area contributed by atoms with Gasteiger partial charge in [0.15, 0.2) is 12.1 Å². The van der Waals surface area contributed by atoms with Crippen molar-refractivity contribution in [2.45, 2.75) is 276 Å². The summed E-state index contributed by atoms with van der Waals surface area (Å²) in [5.41, 5.74) is 0. The lowest BCUT2D eigenvalue weighted by molar-refractivity contribution is -0.887. The molecule has 0 aliphatic heterocycles. The van der Waals surface area contributed by atoms with Crippen molar-refractivity contribution in [2.24, 2.45) is 0 Å². The molecule has 0 aromatic rings. The van der Waals surface area contributed by atoms with Crippen molar-refractivity contribution < 1.29 is 38.2 Å². The Hall–Kier alpha value is -1.93. The summed E-state index contributed by atoms with van der Waals surface area (Å²) in [7, 11) is 5.55. The number of esters is 2. The van der Waals surface area contributed by atoms with Crippen molar-refractivity contribution >= 4 is 17.9 Å². The Morgan fingerprint density at radius 3 is 1.16 bits per heavy atom. The molecular formula is C54H104NO7+. The van der Waals surface area contributed by atoms with Gasteiger partial charge in [-0.15, -0.1) is 0 Å². The molecule has 8 nitrogen and oxygen atoms in total. The van der Waals surface area contributed by atoms with Crippen LogP contribution in [0.25, 0.3) is 0 Å². The van der Waals surface area contributed by atoms with Gasteiger partial charge in [-0.25, -0.2) is 4.79 Å². The first-order valence-electron chi connectivity index (χ1n) is 26.7. The summed E-state index contributed by atoms with van der Waals surface area (Å²) in [5, 5.41) is 9.66.